The molecule has 0 spiro atoms. The van der Waals surface area contributed by atoms with E-state index >= 15 is 0 Å². The number of rotatable bonds is 10. The molecule has 2 heterocycles. The molecule has 2 aromatic heterocycles. The van der Waals surface area contributed by atoms with Gasteiger partial charge in [0.25, 0.3) is 0 Å². The van der Waals surface area contributed by atoms with Crippen LogP contribution >= 0.6 is 11.3 Å². The van der Waals surface area contributed by atoms with Gasteiger partial charge in [-0.25, -0.2) is 14.5 Å². The second-order valence-corrected chi connectivity index (χ2v) is 13.3. The molecule has 0 radical (unpaired) electrons. The standard InChI is InChI=1S/C35H37F3N6O3S/c1-22(2)29-17-28(46-6)15-16-30(29)44-23(3)19-48-33(44)41-32(45)39-20-34(4,5)18-24-7-9-25(10-8-24)31-40-21-43(42-31)26-11-13-27(14-12-26)47-35(36,37)38/h7-17,19,21-22H,18,20H2,1-6H3,(H,39,45)/b41-33-. The first-order valence-electron chi connectivity index (χ1n) is 15.3. The van der Waals surface area contributed by atoms with Gasteiger partial charge in [0.1, 0.15) is 17.8 Å². The SMILES string of the molecule is COc1ccc(-n2c(C)cs/c2=N\C(=O)NCC(C)(C)Cc2ccc(-c3ncn(-c4ccc(OC(F)(F)F)cc4)n3)cc2)c(C(C)C)c1. The van der Waals surface area contributed by atoms with Crippen molar-refractivity contribution in [2.75, 3.05) is 13.7 Å². The predicted octanol–water partition coefficient (Wildman–Crippen LogP) is 8.00. The van der Waals surface area contributed by atoms with Gasteiger partial charge in [0.05, 0.1) is 18.5 Å². The summed E-state index contributed by atoms with van der Waals surface area (Å²) in [4.78, 5) is 22.4. The summed E-state index contributed by atoms with van der Waals surface area (Å²) in [5.74, 6) is 1.18. The van der Waals surface area contributed by atoms with Crippen LogP contribution in [0.5, 0.6) is 11.5 Å². The van der Waals surface area contributed by atoms with Crippen LogP contribution in [0.3, 0.4) is 0 Å². The molecule has 3 aromatic carbocycles. The van der Waals surface area contributed by atoms with Crippen molar-refractivity contribution in [3.63, 3.8) is 0 Å². The zero-order valence-electron chi connectivity index (χ0n) is 27.5. The number of halogens is 3. The average molecular weight is 679 g/mol. The highest BCUT2D eigenvalue weighted by Gasteiger charge is 2.31. The lowest BCUT2D eigenvalue weighted by Gasteiger charge is -2.24. The maximum absolute atomic E-state index is 13.0. The Balaban J connectivity index is 1.22. The summed E-state index contributed by atoms with van der Waals surface area (Å²) in [5, 5.41) is 9.44. The highest BCUT2D eigenvalue weighted by Crippen LogP contribution is 2.29. The van der Waals surface area contributed by atoms with Crippen LogP contribution in [0.4, 0.5) is 18.0 Å². The van der Waals surface area contributed by atoms with Gasteiger partial charge in [0.15, 0.2) is 10.6 Å². The highest BCUT2D eigenvalue weighted by atomic mass is 32.1. The molecular formula is C35H37F3N6O3S. The third-order valence-electron chi connectivity index (χ3n) is 7.61. The molecular weight excluding hydrogens is 641 g/mol. The van der Waals surface area contributed by atoms with E-state index in [2.05, 4.69) is 52.8 Å². The van der Waals surface area contributed by atoms with Gasteiger partial charge in [-0.2, -0.15) is 4.99 Å². The van der Waals surface area contributed by atoms with Crippen LogP contribution in [0.25, 0.3) is 22.8 Å². The van der Waals surface area contributed by atoms with Crippen LogP contribution in [0.15, 0.2) is 83.4 Å². The van der Waals surface area contributed by atoms with Crippen LogP contribution in [0.2, 0.25) is 0 Å². The summed E-state index contributed by atoms with van der Waals surface area (Å²) >= 11 is 1.42. The molecule has 0 aliphatic rings. The van der Waals surface area contributed by atoms with Crippen molar-refractivity contribution >= 4 is 17.4 Å². The fourth-order valence-corrected chi connectivity index (χ4v) is 6.10. The number of ether oxygens (including phenoxy) is 2. The molecule has 1 N–H and O–H groups in total. The Morgan fingerprint density at radius 1 is 1.02 bits per heavy atom. The van der Waals surface area contributed by atoms with E-state index in [0.717, 1.165) is 33.8 Å². The molecule has 0 aliphatic carbocycles. The van der Waals surface area contributed by atoms with E-state index in [1.54, 1.807) is 7.11 Å². The zero-order chi connectivity index (χ0) is 34.6. The number of carbonyl (C=O) groups is 1. The molecule has 0 saturated carbocycles. The number of methoxy groups -OCH3 is 1. The molecule has 5 rings (SSSR count). The topological polar surface area (TPSA) is 95.6 Å². The molecule has 0 bridgehead atoms. The van der Waals surface area contributed by atoms with Gasteiger partial charge in [0, 0.05) is 23.2 Å². The van der Waals surface area contributed by atoms with Gasteiger partial charge in [0.2, 0.25) is 0 Å². The van der Waals surface area contributed by atoms with Crippen molar-refractivity contribution in [1.82, 2.24) is 24.6 Å². The number of thiazole rings is 1. The van der Waals surface area contributed by atoms with Crippen molar-refractivity contribution in [2.24, 2.45) is 10.4 Å². The van der Waals surface area contributed by atoms with Gasteiger partial charge in [-0.15, -0.1) is 29.6 Å². The Morgan fingerprint density at radius 3 is 2.35 bits per heavy atom. The molecule has 0 unspecified atom stereocenters. The minimum absolute atomic E-state index is 0.239. The van der Waals surface area contributed by atoms with Crippen LogP contribution in [-0.4, -0.2) is 45.4 Å². The number of aromatic nitrogens is 4. The molecule has 13 heteroatoms. The third-order valence-corrected chi connectivity index (χ3v) is 8.56. The summed E-state index contributed by atoms with van der Waals surface area (Å²) in [6.45, 7) is 10.8. The van der Waals surface area contributed by atoms with Gasteiger partial charge in [-0.3, -0.25) is 4.57 Å². The normalized spacial score (nSPS) is 12.4. The first-order valence-corrected chi connectivity index (χ1v) is 16.1. The van der Waals surface area contributed by atoms with Gasteiger partial charge in [-0.1, -0.05) is 52.0 Å². The number of nitrogens with zero attached hydrogens (tertiary/aromatic N) is 5. The Bertz CT molecular complexity index is 1940. The maximum Gasteiger partial charge on any atom is 0.573 e. The van der Waals surface area contributed by atoms with Gasteiger partial charge >= 0.3 is 12.4 Å². The minimum atomic E-state index is -4.75. The van der Waals surface area contributed by atoms with Gasteiger partial charge in [-0.05, 0) is 78.3 Å². The Labute approximate surface area is 280 Å². The number of hydrogen-bond donors (Lipinski definition) is 1. The summed E-state index contributed by atoms with van der Waals surface area (Å²) in [6.07, 6.45) is -2.56. The summed E-state index contributed by atoms with van der Waals surface area (Å²) in [6, 6.07) is 18.7. The van der Waals surface area contributed by atoms with E-state index in [1.807, 2.05) is 59.3 Å². The van der Waals surface area contributed by atoms with E-state index in [-0.39, 0.29) is 17.1 Å². The van der Waals surface area contributed by atoms with E-state index in [9.17, 15) is 18.0 Å². The first-order chi connectivity index (χ1) is 22.7. The highest BCUT2D eigenvalue weighted by molar-refractivity contribution is 7.07. The van der Waals surface area contributed by atoms with Crippen molar-refractivity contribution in [2.45, 2.75) is 53.3 Å². The molecule has 0 fully saturated rings. The van der Waals surface area contributed by atoms with E-state index < -0.39 is 12.4 Å². The number of urea groups is 1. The fraction of sp³-hybridized carbons (Fsp3) is 0.314. The summed E-state index contributed by atoms with van der Waals surface area (Å²) in [7, 11) is 1.65. The summed E-state index contributed by atoms with van der Waals surface area (Å²) in [5.41, 5.74) is 5.19. The zero-order valence-corrected chi connectivity index (χ0v) is 28.3. The van der Waals surface area contributed by atoms with Gasteiger partial charge < -0.3 is 14.8 Å². The lowest BCUT2D eigenvalue weighted by Crippen LogP contribution is -2.35. The molecule has 9 nitrogen and oxygen atoms in total. The quantitative estimate of drug-likeness (QED) is 0.162. The van der Waals surface area contributed by atoms with E-state index in [1.165, 1.54) is 46.6 Å². The van der Waals surface area contributed by atoms with Crippen LogP contribution in [-0.2, 0) is 6.42 Å². The van der Waals surface area contributed by atoms with Crippen molar-refractivity contribution in [3.8, 4) is 34.3 Å². The number of carbonyl (C=O) groups excluding carboxylic acids is 1. The minimum Gasteiger partial charge on any atom is -0.497 e. The molecule has 0 aliphatic heterocycles. The Kier molecular flexibility index (Phi) is 10.1. The smallest absolute Gasteiger partial charge is 0.497 e. The fourth-order valence-electron chi connectivity index (χ4n) is 5.24. The number of aryl methyl sites for hydroxylation is 1. The molecule has 0 atom stereocenters. The number of nitrogens with one attached hydrogen (secondary N) is 1. The molecule has 48 heavy (non-hydrogen) atoms. The largest absolute Gasteiger partial charge is 0.573 e. The average Bonchev–Trinajstić information content (AvgIpc) is 3.66. The lowest BCUT2D eigenvalue weighted by molar-refractivity contribution is -0.274. The predicted molar refractivity (Wildman–Crippen MR) is 179 cm³/mol. The maximum atomic E-state index is 13.0. The number of alkyl halides is 3. The number of hydrogen-bond acceptors (Lipinski definition) is 6. The molecule has 5 aromatic rings. The van der Waals surface area contributed by atoms with E-state index in [4.69, 9.17) is 4.74 Å². The first kappa shape index (κ1) is 34.4. The number of amides is 2. The molecule has 2 amide bonds. The monoisotopic (exact) mass is 678 g/mol. The van der Waals surface area contributed by atoms with Crippen molar-refractivity contribution < 1.29 is 27.4 Å². The van der Waals surface area contributed by atoms with Crippen molar-refractivity contribution in [1.29, 1.82) is 0 Å². The molecule has 252 valence electrons. The van der Waals surface area contributed by atoms with Crippen LogP contribution in [0.1, 0.15) is 50.4 Å². The lowest BCUT2D eigenvalue weighted by atomic mass is 9.85. The second kappa shape index (κ2) is 14.1. The molecule has 0 saturated heterocycles. The summed E-state index contributed by atoms with van der Waals surface area (Å²) < 4.78 is 50.2. The number of benzene rings is 3. The van der Waals surface area contributed by atoms with Crippen LogP contribution in [0, 0.1) is 12.3 Å². The second-order valence-electron chi connectivity index (χ2n) is 12.4. The van der Waals surface area contributed by atoms with Crippen molar-refractivity contribution in [3.05, 3.63) is 100 Å². The van der Waals surface area contributed by atoms with Crippen LogP contribution < -0.4 is 19.6 Å². The van der Waals surface area contributed by atoms with E-state index in [0.29, 0.717) is 29.3 Å². The third kappa shape index (κ3) is 8.51. The Hall–Kier alpha value is -4.91. The Morgan fingerprint density at radius 2 is 1.71 bits per heavy atom.